The molecule has 0 aliphatic carbocycles. The third-order valence-electron chi connectivity index (χ3n) is 4.24. The number of nitrogens with zero attached hydrogens (tertiary/aromatic N) is 2. The minimum atomic E-state index is -0.827. The minimum absolute atomic E-state index is 0.623. The molecule has 0 spiro atoms. The maximum absolute atomic E-state index is 11.2. The SMILES string of the molecule is CCN(CC)CCCN(CC)CCC(C)(NC)C(=O)O. The molecule has 0 saturated carbocycles. The Labute approximate surface area is 124 Å². The van der Waals surface area contributed by atoms with E-state index < -0.39 is 11.5 Å². The highest BCUT2D eigenvalue weighted by Gasteiger charge is 2.30. The summed E-state index contributed by atoms with van der Waals surface area (Å²) in [6, 6.07) is 0. The van der Waals surface area contributed by atoms with Gasteiger partial charge < -0.3 is 20.2 Å². The quantitative estimate of drug-likeness (QED) is 0.569. The smallest absolute Gasteiger partial charge is 0.323 e. The Bertz CT molecular complexity index is 270. The molecule has 0 aromatic heterocycles. The van der Waals surface area contributed by atoms with Gasteiger partial charge in [0.05, 0.1) is 0 Å². The summed E-state index contributed by atoms with van der Waals surface area (Å²) in [4.78, 5) is 16.0. The molecule has 0 saturated heterocycles. The molecule has 0 rings (SSSR count). The molecule has 120 valence electrons. The van der Waals surface area contributed by atoms with Crippen molar-refractivity contribution in [1.82, 2.24) is 15.1 Å². The molecule has 1 atom stereocenters. The van der Waals surface area contributed by atoms with E-state index in [9.17, 15) is 9.90 Å². The maximum atomic E-state index is 11.2. The van der Waals surface area contributed by atoms with Crippen molar-refractivity contribution in [3.05, 3.63) is 0 Å². The minimum Gasteiger partial charge on any atom is -0.480 e. The number of aliphatic carboxylic acids is 1. The lowest BCUT2D eigenvalue weighted by molar-refractivity contribution is -0.144. The second kappa shape index (κ2) is 10.1. The molecule has 1 unspecified atom stereocenters. The molecule has 0 aliphatic heterocycles. The van der Waals surface area contributed by atoms with Crippen LogP contribution in [0.4, 0.5) is 0 Å². The second-order valence-corrected chi connectivity index (χ2v) is 5.45. The zero-order valence-electron chi connectivity index (χ0n) is 13.9. The van der Waals surface area contributed by atoms with E-state index in [4.69, 9.17) is 0 Å². The molecule has 0 aromatic carbocycles. The Balaban J connectivity index is 4.13. The van der Waals surface area contributed by atoms with Crippen LogP contribution in [0, 0.1) is 0 Å². The van der Waals surface area contributed by atoms with E-state index in [0.29, 0.717) is 6.42 Å². The van der Waals surface area contributed by atoms with E-state index in [1.54, 1.807) is 14.0 Å². The summed E-state index contributed by atoms with van der Waals surface area (Å²) in [7, 11) is 1.71. The Morgan fingerprint density at radius 2 is 1.55 bits per heavy atom. The molecule has 0 amide bonds. The third kappa shape index (κ3) is 6.68. The van der Waals surface area contributed by atoms with E-state index in [1.807, 2.05) is 0 Å². The van der Waals surface area contributed by atoms with Crippen LogP contribution in [0.2, 0.25) is 0 Å². The average molecular weight is 287 g/mol. The number of hydrogen-bond donors (Lipinski definition) is 2. The molecule has 20 heavy (non-hydrogen) atoms. The summed E-state index contributed by atoms with van der Waals surface area (Å²) in [5.41, 5.74) is -0.827. The van der Waals surface area contributed by atoms with Crippen molar-refractivity contribution in [2.75, 3.05) is 46.3 Å². The number of carbonyl (C=O) groups is 1. The molecule has 5 nitrogen and oxygen atoms in total. The Morgan fingerprint density at radius 3 is 1.95 bits per heavy atom. The topological polar surface area (TPSA) is 55.8 Å². The van der Waals surface area contributed by atoms with Crippen molar-refractivity contribution in [3.8, 4) is 0 Å². The van der Waals surface area contributed by atoms with Gasteiger partial charge in [-0.15, -0.1) is 0 Å². The van der Waals surface area contributed by atoms with E-state index in [-0.39, 0.29) is 0 Å². The lowest BCUT2D eigenvalue weighted by atomic mass is 9.98. The molecular formula is C15H33N3O2. The standard InChI is InChI=1S/C15H33N3O2/c1-6-17(7-2)11-9-12-18(8-3)13-10-15(4,16-5)14(19)20/h16H,6-13H2,1-5H3,(H,19,20). The van der Waals surface area contributed by atoms with Gasteiger partial charge in [0, 0.05) is 6.54 Å². The van der Waals surface area contributed by atoms with Gasteiger partial charge in [-0.05, 0) is 59.5 Å². The van der Waals surface area contributed by atoms with Crippen LogP contribution in [0.5, 0.6) is 0 Å². The largest absolute Gasteiger partial charge is 0.480 e. The number of nitrogens with one attached hydrogen (secondary N) is 1. The van der Waals surface area contributed by atoms with Crippen molar-refractivity contribution in [3.63, 3.8) is 0 Å². The van der Waals surface area contributed by atoms with Crippen LogP contribution in [0.25, 0.3) is 0 Å². The number of rotatable bonds is 12. The van der Waals surface area contributed by atoms with Crippen LogP contribution in [-0.2, 0) is 4.79 Å². The van der Waals surface area contributed by atoms with Gasteiger partial charge in [0.1, 0.15) is 5.54 Å². The Kier molecular flexibility index (Phi) is 9.80. The van der Waals surface area contributed by atoms with Gasteiger partial charge in [-0.25, -0.2) is 0 Å². The van der Waals surface area contributed by atoms with Gasteiger partial charge in [0.25, 0.3) is 0 Å². The first-order chi connectivity index (χ1) is 9.43. The molecule has 0 aromatic rings. The van der Waals surface area contributed by atoms with E-state index in [2.05, 4.69) is 35.9 Å². The zero-order chi connectivity index (χ0) is 15.6. The highest BCUT2D eigenvalue weighted by atomic mass is 16.4. The average Bonchev–Trinajstić information content (AvgIpc) is 2.46. The monoisotopic (exact) mass is 287 g/mol. The van der Waals surface area contributed by atoms with Crippen molar-refractivity contribution in [1.29, 1.82) is 0 Å². The first-order valence-corrected chi connectivity index (χ1v) is 7.80. The van der Waals surface area contributed by atoms with Crippen molar-refractivity contribution >= 4 is 5.97 Å². The second-order valence-electron chi connectivity index (χ2n) is 5.45. The van der Waals surface area contributed by atoms with Gasteiger partial charge in [-0.3, -0.25) is 4.79 Å². The summed E-state index contributed by atoms with van der Waals surface area (Å²) in [5.74, 6) is -0.779. The first kappa shape index (κ1) is 19.4. The predicted molar refractivity (Wildman–Crippen MR) is 84.2 cm³/mol. The molecule has 0 heterocycles. The highest BCUT2D eigenvalue weighted by molar-refractivity contribution is 5.78. The van der Waals surface area contributed by atoms with Crippen LogP contribution in [0.3, 0.4) is 0 Å². The molecule has 0 aliphatic rings. The van der Waals surface area contributed by atoms with Gasteiger partial charge in [0.15, 0.2) is 0 Å². The lowest BCUT2D eigenvalue weighted by Gasteiger charge is -2.29. The molecule has 0 bridgehead atoms. The zero-order valence-corrected chi connectivity index (χ0v) is 13.9. The summed E-state index contributed by atoms with van der Waals surface area (Å²) in [5, 5.41) is 12.2. The van der Waals surface area contributed by atoms with Crippen molar-refractivity contribution in [2.24, 2.45) is 0 Å². The number of hydrogen-bond acceptors (Lipinski definition) is 4. The van der Waals surface area contributed by atoms with Gasteiger partial charge in [0.2, 0.25) is 0 Å². The van der Waals surface area contributed by atoms with Crippen molar-refractivity contribution in [2.45, 2.75) is 46.1 Å². The van der Waals surface area contributed by atoms with Crippen LogP contribution in [0.1, 0.15) is 40.5 Å². The lowest BCUT2D eigenvalue weighted by Crippen LogP contribution is -2.49. The molecule has 0 fully saturated rings. The fraction of sp³-hybridized carbons (Fsp3) is 0.933. The number of likely N-dealkylation sites (N-methyl/N-ethyl adjacent to an activating group) is 1. The van der Waals surface area contributed by atoms with Gasteiger partial charge >= 0.3 is 5.97 Å². The van der Waals surface area contributed by atoms with Crippen LogP contribution in [-0.4, -0.2) is 72.7 Å². The van der Waals surface area contributed by atoms with E-state index >= 15 is 0 Å². The van der Waals surface area contributed by atoms with Gasteiger partial charge in [-0.1, -0.05) is 20.8 Å². The number of carboxylic acid groups (broad SMARTS) is 1. The fourth-order valence-electron chi connectivity index (χ4n) is 2.21. The molecule has 5 heteroatoms. The maximum Gasteiger partial charge on any atom is 0.323 e. The first-order valence-electron chi connectivity index (χ1n) is 7.80. The fourth-order valence-corrected chi connectivity index (χ4v) is 2.21. The summed E-state index contributed by atoms with van der Waals surface area (Å²) in [6.45, 7) is 14.4. The van der Waals surface area contributed by atoms with Crippen LogP contribution < -0.4 is 5.32 Å². The summed E-state index contributed by atoms with van der Waals surface area (Å²) in [6.07, 6.45) is 1.76. The number of carboxylic acids is 1. The Hall–Kier alpha value is -0.650. The molecule has 2 N–H and O–H groups in total. The van der Waals surface area contributed by atoms with Crippen LogP contribution in [0.15, 0.2) is 0 Å². The summed E-state index contributed by atoms with van der Waals surface area (Å²) < 4.78 is 0. The third-order valence-corrected chi connectivity index (χ3v) is 4.24. The van der Waals surface area contributed by atoms with Crippen molar-refractivity contribution < 1.29 is 9.90 Å². The Morgan fingerprint density at radius 1 is 1.05 bits per heavy atom. The molecular weight excluding hydrogens is 254 g/mol. The van der Waals surface area contributed by atoms with Gasteiger partial charge in [-0.2, -0.15) is 0 Å². The van der Waals surface area contributed by atoms with E-state index in [1.165, 1.54) is 0 Å². The normalized spacial score (nSPS) is 14.8. The highest BCUT2D eigenvalue weighted by Crippen LogP contribution is 2.10. The summed E-state index contributed by atoms with van der Waals surface area (Å²) >= 11 is 0. The molecule has 0 radical (unpaired) electrons. The predicted octanol–water partition coefficient (Wildman–Crippen LogP) is 1.49. The van der Waals surface area contributed by atoms with E-state index in [0.717, 1.165) is 45.7 Å². The van der Waals surface area contributed by atoms with Crippen LogP contribution >= 0.6 is 0 Å².